The zero-order chi connectivity index (χ0) is 25.9. The predicted octanol–water partition coefficient (Wildman–Crippen LogP) is 3.98. The van der Waals surface area contributed by atoms with E-state index in [-0.39, 0.29) is 5.95 Å². The molecule has 188 valence electrons. The average molecular weight is 509 g/mol. The van der Waals surface area contributed by atoms with Crippen molar-refractivity contribution in [1.29, 1.82) is 0 Å². The summed E-state index contributed by atoms with van der Waals surface area (Å²) < 4.78 is 42.5. The van der Waals surface area contributed by atoms with E-state index in [1.165, 1.54) is 14.2 Å². The monoisotopic (exact) mass is 508 g/mol. The number of ether oxygens (including phenoxy) is 2. The molecule has 0 fully saturated rings. The molecule has 2 aromatic heterocycles. The number of methoxy groups -OCH3 is 2. The van der Waals surface area contributed by atoms with E-state index < -0.39 is 21.2 Å². The van der Waals surface area contributed by atoms with Crippen LogP contribution in [0.5, 0.6) is 11.5 Å². The molecule has 0 saturated carbocycles. The smallest absolute Gasteiger partial charge is 0.243 e. The van der Waals surface area contributed by atoms with Gasteiger partial charge >= 0.3 is 0 Å². The maximum Gasteiger partial charge on any atom is 0.243 e. The van der Waals surface area contributed by atoms with Crippen molar-refractivity contribution in [2.24, 2.45) is 0 Å². The Morgan fingerprint density at radius 2 is 1.56 bits per heavy atom. The third-order valence-electron chi connectivity index (χ3n) is 6.02. The summed E-state index contributed by atoms with van der Waals surface area (Å²) in [4.78, 5) is 8.60. The first-order valence-corrected chi connectivity index (χ1v) is 12.8. The van der Waals surface area contributed by atoms with Gasteiger partial charge < -0.3 is 9.47 Å². The molecule has 10 nitrogen and oxygen atoms in total. The Morgan fingerprint density at radius 1 is 0.889 bits per heavy atom. The van der Waals surface area contributed by atoms with Crippen molar-refractivity contribution in [1.82, 2.24) is 24.7 Å². The van der Waals surface area contributed by atoms with E-state index in [1.54, 1.807) is 49.0 Å². The highest BCUT2D eigenvalue weighted by Crippen LogP contribution is 2.38. The van der Waals surface area contributed by atoms with Gasteiger partial charge in [0.2, 0.25) is 16.0 Å². The molecule has 0 amide bonds. The third kappa shape index (κ3) is 4.87. The fraction of sp³-hybridized carbons (Fsp3) is 0.280. The second-order valence-corrected chi connectivity index (χ2v) is 10.3. The molecule has 0 saturated heterocycles. The van der Waals surface area contributed by atoms with Crippen LogP contribution in [-0.2, 0) is 10.0 Å². The largest absolute Gasteiger partial charge is 0.494 e. The van der Waals surface area contributed by atoms with Crippen LogP contribution >= 0.6 is 0 Å². The van der Waals surface area contributed by atoms with Gasteiger partial charge in [0.05, 0.1) is 30.9 Å². The van der Waals surface area contributed by atoms with E-state index in [9.17, 15) is 8.42 Å². The molecule has 1 N–H and O–H groups in total. The van der Waals surface area contributed by atoms with E-state index in [2.05, 4.69) is 24.9 Å². The van der Waals surface area contributed by atoms with Crippen molar-refractivity contribution in [3.05, 3.63) is 72.3 Å². The molecular weight excluding hydrogens is 480 g/mol. The van der Waals surface area contributed by atoms with E-state index >= 15 is 0 Å². The highest BCUT2D eigenvalue weighted by Gasteiger charge is 2.32. The maximum atomic E-state index is 13.5. The summed E-state index contributed by atoms with van der Waals surface area (Å²) in [6.45, 7) is 5.25. The van der Waals surface area contributed by atoms with Gasteiger partial charge in [0.1, 0.15) is 17.2 Å². The van der Waals surface area contributed by atoms with Gasteiger partial charge in [0.25, 0.3) is 0 Å². The summed E-state index contributed by atoms with van der Waals surface area (Å²) in [7, 11) is -0.874. The molecule has 0 radical (unpaired) electrons. The van der Waals surface area contributed by atoms with Crippen LogP contribution in [0.4, 0.5) is 5.95 Å². The fourth-order valence-electron chi connectivity index (χ4n) is 3.76. The van der Waals surface area contributed by atoms with Gasteiger partial charge in [-0.3, -0.25) is 19.3 Å². The van der Waals surface area contributed by atoms with Crippen molar-refractivity contribution in [3.8, 4) is 28.6 Å². The molecule has 0 spiro atoms. The third-order valence-corrected chi connectivity index (χ3v) is 7.87. The number of sulfonamides is 1. The number of hydrogen-bond acceptors (Lipinski definition) is 8. The lowest BCUT2D eigenvalue weighted by atomic mass is 10.1. The van der Waals surface area contributed by atoms with Crippen LogP contribution in [0.25, 0.3) is 17.1 Å². The number of aryl methyl sites for hydroxylation is 1. The molecule has 2 aromatic carbocycles. The molecule has 2 atom stereocenters. The first-order chi connectivity index (χ1) is 17.3. The number of nitrogens with zero attached hydrogens (tertiary/aromatic N) is 5. The maximum absolute atomic E-state index is 13.5. The number of aromatic nitrogens is 5. The quantitative estimate of drug-likeness (QED) is 0.360. The molecular formula is C25H28N6O4S. The second-order valence-electron chi connectivity index (χ2n) is 8.28. The number of anilines is 1. The van der Waals surface area contributed by atoms with Gasteiger partial charge in [0.15, 0.2) is 5.82 Å². The number of para-hydroxylation sites is 1. The van der Waals surface area contributed by atoms with Crippen molar-refractivity contribution < 1.29 is 17.9 Å². The Labute approximate surface area is 210 Å². The van der Waals surface area contributed by atoms with Gasteiger partial charge in [-0.25, -0.2) is 8.42 Å². The molecule has 36 heavy (non-hydrogen) atoms. The molecule has 0 aliphatic heterocycles. The molecule has 11 heteroatoms. The molecule has 2 unspecified atom stereocenters. The van der Waals surface area contributed by atoms with Crippen LogP contribution in [0.1, 0.15) is 31.2 Å². The Bertz CT molecular complexity index is 1420. The minimum atomic E-state index is -3.93. The van der Waals surface area contributed by atoms with Crippen LogP contribution in [0.15, 0.2) is 60.9 Å². The van der Waals surface area contributed by atoms with E-state index in [4.69, 9.17) is 9.47 Å². The minimum absolute atomic E-state index is 0.00527. The summed E-state index contributed by atoms with van der Waals surface area (Å²) >= 11 is 0. The van der Waals surface area contributed by atoms with Crippen LogP contribution in [-0.4, -0.2) is 52.6 Å². The van der Waals surface area contributed by atoms with Gasteiger partial charge in [-0.1, -0.05) is 43.3 Å². The van der Waals surface area contributed by atoms with E-state index in [1.807, 2.05) is 37.3 Å². The second kappa shape index (κ2) is 10.3. The molecule has 4 rings (SSSR count). The molecule has 0 bridgehead atoms. The Morgan fingerprint density at radius 3 is 2.14 bits per heavy atom. The fourth-order valence-corrected chi connectivity index (χ4v) is 5.00. The molecule has 0 aliphatic rings. The van der Waals surface area contributed by atoms with Crippen LogP contribution in [0.3, 0.4) is 0 Å². The molecule has 0 aliphatic carbocycles. The highest BCUT2D eigenvalue weighted by atomic mass is 32.2. The zero-order valence-corrected chi connectivity index (χ0v) is 21.5. The number of nitrogens with one attached hydrogen (secondary N) is 1. The first-order valence-electron chi connectivity index (χ1n) is 11.3. The van der Waals surface area contributed by atoms with Gasteiger partial charge in [0, 0.05) is 23.9 Å². The number of benzene rings is 2. The minimum Gasteiger partial charge on any atom is -0.494 e. The van der Waals surface area contributed by atoms with Crippen molar-refractivity contribution in [3.63, 3.8) is 0 Å². The standard InChI is InChI=1S/C25H28N6O4S/c1-16-14-27-20(15-26-16)17(2)18(3)36(32,33)30-25-29-28-24(19-10-7-6-8-11-19)31(25)23-21(34-4)12-9-13-22(23)35-5/h6-15,17-18H,1-5H3,(H,29,30). The Hall–Kier alpha value is -3.99. The zero-order valence-electron chi connectivity index (χ0n) is 20.7. The van der Waals surface area contributed by atoms with Gasteiger partial charge in [-0.2, -0.15) is 0 Å². The number of hydrogen-bond donors (Lipinski definition) is 1. The average Bonchev–Trinajstić information content (AvgIpc) is 3.30. The summed E-state index contributed by atoms with van der Waals surface area (Å²) in [5, 5.41) is 7.69. The van der Waals surface area contributed by atoms with E-state index in [0.29, 0.717) is 28.7 Å². The summed E-state index contributed by atoms with van der Waals surface area (Å²) in [5.41, 5.74) is 2.54. The molecule has 2 heterocycles. The normalized spacial score (nSPS) is 13.1. The van der Waals surface area contributed by atoms with Crippen LogP contribution < -0.4 is 14.2 Å². The summed E-state index contributed by atoms with van der Waals surface area (Å²) in [5.74, 6) is 0.916. The Kier molecular flexibility index (Phi) is 7.20. The van der Waals surface area contributed by atoms with Crippen LogP contribution in [0, 0.1) is 6.92 Å². The van der Waals surface area contributed by atoms with Crippen molar-refractivity contribution in [2.75, 3.05) is 18.9 Å². The van der Waals surface area contributed by atoms with Gasteiger partial charge in [-0.15, -0.1) is 10.2 Å². The predicted molar refractivity (Wildman–Crippen MR) is 137 cm³/mol. The van der Waals surface area contributed by atoms with Crippen molar-refractivity contribution >= 4 is 16.0 Å². The van der Waals surface area contributed by atoms with Crippen LogP contribution in [0.2, 0.25) is 0 Å². The first kappa shape index (κ1) is 25.1. The van der Waals surface area contributed by atoms with Gasteiger partial charge in [-0.05, 0) is 26.0 Å². The molecule has 4 aromatic rings. The number of rotatable bonds is 9. The van der Waals surface area contributed by atoms with E-state index in [0.717, 1.165) is 11.3 Å². The summed E-state index contributed by atoms with van der Waals surface area (Å²) in [6.07, 6.45) is 3.22. The highest BCUT2D eigenvalue weighted by molar-refractivity contribution is 7.93. The Balaban J connectivity index is 1.81. The lowest BCUT2D eigenvalue weighted by Crippen LogP contribution is -2.31. The lowest BCUT2D eigenvalue weighted by molar-refractivity contribution is 0.391. The lowest BCUT2D eigenvalue weighted by Gasteiger charge is -2.21. The summed E-state index contributed by atoms with van der Waals surface area (Å²) in [6, 6.07) is 14.6. The van der Waals surface area contributed by atoms with Crippen molar-refractivity contribution in [2.45, 2.75) is 31.9 Å². The topological polar surface area (TPSA) is 121 Å². The SMILES string of the molecule is COc1cccc(OC)c1-n1c(NS(=O)(=O)C(C)C(C)c2cnc(C)cn2)nnc1-c1ccccc1.